The Kier molecular flexibility index (Phi) is 8.33. The zero-order chi connectivity index (χ0) is 52.9. The number of pyridine rings is 1. The van der Waals surface area contributed by atoms with Gasteiger partial charge in [-0.3, -0.25) is 4.57 Å². The summed E-state index contributed by atoms with van der Waals surface area (Å²) >= 11 is 0. The molecular weight excluding hydrogens is 833 g/mol. The zero-order valence-electron chi connectivity index (χ0n) is 46.1. The molecule has 0 N–H and O–H groups in total. The van der Waals surface area contributed by atoms with Crippen LogP contribution in [-0.4, -0.2) is 16.2 Å². The van der Waals surface area contributed by atoms with Crippen molar-refractivity contribution in [3.05, 3.63) is 205 Å². The molecule has 0 saturated heterocycles. The first-order valence-electron chi connectivity index (χ1n) is 27.1. The summed E-state index contributed by atoms with van der Waals surface area (Å²) in [7, 11) is 0. The zero-order valence-corrected chi connectivity index (χ0v) is 38.1. The number of anilines is 4. The van der Waals surface area contributed by atoms with E-state index in [0.717, 1.165) is 45.0 Å². The van der Waals surface area contributed by atoms with E-state index in [1.807, 2.05) is 113 Å². The minimum atomic E-state index is -1.95. The molecule has 68 heavy (non-hydrogen) atoms. The summed E-state index contributed by atoms with van der Waals surface area (Å²) in [5, 5.41) is 0.762. The first-order chi connectivity index (χ1) is 36.5. The van der Waals surface area contributed by atoms with Crippen LogP contribution in [0.25, 0.3) is 61.0 Å². The van der Waals surface area contributed by atoms with Gasteiger partial charge in [-0.15, -0.1) is 0 Å². The van der Waals surface area contributed by atoms with Crippen molar-refractivity contribution in [3.8, 4) is 62.2 Å². The van der Waals surface area contributed by atoms with Crippen molar-refractivity contribution in [3.63, 3.8) is 0 Å². The highest BCUT2D eigenvalue weighted by atomic mass is 16.5. The Labute approximate surface area is 409 Å². The Morgan fingerprint density at radius 1 is 0.544 bits per heavy atom. The molecule has 2 aromatic heterocycles. The molecule has 0 saturated carbocycles. The van der Waals surface area contributed by atoms with Crippen molar-refractivity contribution in [2.45, 2.75) is 40.4 Å². The third-order valence-electron chi connectivity index (χ3n) is 12.6. The SMILES string of the molecule is [2H]c1c([2H])c([2H])c2c(c1[2H])c1ccc3cc1n2-c1cc(C([2H])([2H])C(C)C)c(cn1)-c1ccccc1Oc1cccc(c1)-c1cccc(-c2ccccc2)c1N1CN(c2ccc(C([2H])([2H])C(C)C)c(c2)O3)c2ccccc21. The van der Waals surface area contributed by atoms with E-state index in [4.69, 9.17) is 17.2 Å². The Balaban J connectivity index is 1.17. The van der Waals surface area contributed by atoms with Crippen molar-refractivity contribution < 1.29 is 20.4 Å². The largest absolute Gasteiger partial charge is 0.457 e. The van der Waals surface area contributed by atoms with Gasteiger partial charge in [0.25, 0.3) is 0 Å². The highest BCUT2D eigenvalue weighted by Crippen LogP contribution is 2.51. The molecule has 332 valence electrons. The third kappa shape index (κ3) is 7.33. The van der Waals surface area contributed by atoms with E-state index in [1.165, 1.54) is 0 Å². The first kappa shape index (κ1) is 33.4. The van der Waals surface area contributed by atoms with E-state index in [0.29, 0.717) is 57.1 Å². The fourth-order valence-electron chi connectivity index (χ4n) is 9.71. The van der Waals surface area contributed by atoms with Crippen molar-refractivity contribution in [1.82, 2.24) is 9.55 Å². The Bertz CT molecular complexity index is 3970. The summed E-state index contributed by atoms with van der Waals surface area (Å²) in [6.45, 7) is 7.70. The maximum atomic E-state index is 9.70. The standard InChI is InChI=1S/C62H52N4O2/c1-40(2)32-44-28-29-46-36-60(44)68-48-30-31-52-51-20-8-10-24-55(51)66(58(52)37-48)61-35-45(33-41(3)4)54(38-63-61)53-21-9-13-27-59(53)67-47-19-14-18-43(34-47)50-23-15-22-49(42-16-6-5-7-17-42)62(50)65-39-64(46)56-25-11-12-26-57(56)65/h5-31,34-38,40-41H,32-33,39H2,1-4H3/i8D,10D,20D,24D,32D2,33D2. The lowest BCUT2D eigenvalue weighted by molar-refractivity contribution is 0.471. The Morgan fingerprint density at radius 3 is 2.06 bits per heavy atom. The topological polar surface area (TPSA) is 42.8 Å². The molecule has 3 aliphatic heterocycles. The Hall–Kier alpha value is -8.09. The van der Waals surface area contributed by atoms with Gasteiger partial charge >= 0.3 is 0 Å². The van der Waals surface area contributed by atoms with Gasteiger partial charge in [0, 0.05) is 62.5 Å². The molecular formula is C62H52N4O2. The van der Waals surface area contributed by atoms with Gasteiger partial charge in [0.15, 0.2) is 0 Å². The average Bonchev–Trinajstić information content (AvgIpc) is 4.02. The lowest BCUT2D eigenvalue weighted by Gasteiger charge is -2.27. The highest BCUT2D eigenvalue weighted by molar-refractivity contribution is 6.09. The number of aromatic nitrogens is 2. The fourth-order valence-corrected chi connectivity index (χ4v) is 9.71. The summed E-state index contributed by atoms with van der Waals surface area (Å²) in [6, 6.07) is 51.7. The van der Waals surface area contributed by atoms with Crippen LogP contribution in [0, 0.1) is 11.8 Å². The van der Waals surface area contributed by atoms with Gasteiger partial charge in [-0.1, -0.05) is 143 Å². The molecule has 6 heteroatoms. The van der Waals surface area contributed by atoms with E-state index in [-0.39, 0.29) is 34.6 Å². The van der Waals surface area contributed by atoms with Crippen LogP contribution in [0.1, 0.15) is 49.8 Å². The molecule has 5 heterocycles. The summed E-state index contributed by atoms with van der Waals surface area (Å²) < 4.78 is 90.0. The van der Waals surface area contributed by atoms with Crippen molar-refractivity contribution >= 4 is 44.6 Å². The number of rotatable bonds is 5. The first-order valence-corrected chi connectivity index (χ1v) is 23.1. The molecule has 10 aromatic rings. The predicted octanol–water partition coefficient (Wildman–Crippen LogP) is 16.7. The summed E-state index contributed by atoms with van der Waals surface area (Å²) in [6.07, 6.45) is -2.16. The number of hydrogen-bond acceptors (Lipinski definition) is 5. The molecule has 10 bridgehead atoms. The maximum absolute atomic E-state index is 9.70. The number of ether oxygens (including phenoxy) is 2. The van der Waals surface area contributed by atoms with E-state index >= 15 is 0 Å². The summed E-state index contributed by atoms with van der Waals surface area (Å²) in [4.78, 5) is 9.57. The van der Waals surface area contributed by atoms with Crippen LogP contribution in [0.5, 0.6) is 23.0 Å². The van der Waals surface area contributed by atoms with E-state index < -0.39 is 36.7 Å². The Morgan fingerprint density at radius 2 is 1.22 bits per heavy atom. The molecule has 0 spiro atoms. The van der Waals surface area contributed by atoms with Gasteiger partial charge in [-0.05, 0) is 107 Å². The molecule has 8 aromatic carbocycles. The summed E-state index contributed by atoms with van der Waals surface area (Å²) in [5.41, 5.74) is 9.89. The maximum Gasteiger partial charge on any atom is 0.137 e. The van der Waals surface area contributed by atoms with Gasteiger partial charge in [0.2, 0.25) is 0 Å². The predicted molar refractivity (Wildman–Crippen MR) is 281 cm³/mol. The van der Waals surface area contributed by atoms with Crippen LogP contribution in [0.15, 0.2) is 194 Å². The molecule has 0 unspecified atom stereocenters. The monoisotopic (exact) mass is 892 g/mol. The molecule has 3 aliphatic rings. The number of nitrogens with zero attached hydrogens (tertiary/aromatic N) is 4. The van der Waals surface area contributed by atoms with Crippen LogP contribution in [0.4, 0.5) is 22.7 Å². The van der Waals surface area contributed by atoms with Crippen LogP contribution in [-0.2, 0) is 12.7 Å². The van der Waals surface area contributed by atoms with Gasteiger partial charge in [-0.25, -0.2) is 4.98 Å². The smallest absolute Gasteiger partial charge is 0.137 e. The number of fused-ring (bicyclic) bond motifs is 5. The summed E-state index contributed by atoms with van der Waals surface area (Å²) in [5.74, 6) is 0.906. The number of hydrogen-bond donors (Lipinski definition) is 0. The second kappa shape index (κ2) is 17.0. The van der Waals surface area contributed by atoms with E-state index in [1.54, 1.807) is 41.1 Å². The lowest BCUT2D eigenvalue weighted by Crippen LogP contribution is -2.25. The van der Waals surface area contributed by atoms with E-state index in [9.17, 15) is 8.22 Å². The number of benzene rings is 8. The molecule has 13 rings (SSSR count). The molecule has 0 aliphatic carbocycles. The quantitative estimate of drug-likeness (QED) is 0.172. The molecule has 0 fully saturated rings. The fraction of sp³-hybridized carbons (Fsp3) is 0.145. The minimum absolute atomic E-state index is 0.163. The van der Waals surface area contributed by atoms with Gasteiger partial charge in [0.05, 0.1) is 33.6 Å². The molecule has 6 nitrogen and oxygen atoms in total. The molecule has 0 amide bonds. The highest BCUT2D eigenvalue weighted by Gasteiger charge is 2.32. The third-order valence-corrected chi connectivity index (χ3v) is 12.6. The second-order valence-electron chi connectivity index (χ2n) is 17.9. The lowest BCUT2D eigenvalue weighted by atomic mass is 9.94. The van der Waals surface area contributed by atoms with Crippen LogP contribution in [0.3, 0.4) is 0 Å². The molecule has 0 atom stereocenters. The molecule has 0 radical (unpaired) electrons. The van der Waals surface area contributed by atoms with Crippen LogP contribution < -0.4 is 19.3 Å². The van der Waals surface area contributed by atoms with Crippen LogP contribution in [0.2, 0.25) is 0 Å². The minimum Gasteiger partial charge on any atom is -0.457 e. The normalized spacial score (nSPS) is 15.0. The van der Waals surface area contributed by atoms with Crippen molar-refractivity contribution in [2.24, 2.45) is 11.8 Å². The average molecular weight is 893 g/mol. The second-order valence-corrected chi connectivity index (χ2v) is 17.9. The van der Waals surface area contributed by atoms with Gasteiger partial charge in [0.1, 0.15) is 35.5 Å². The van der Waals surface area contributed by atoms with Crippen LogP contribution >= 0.6 is 0 Å². The van der Waals surface area contributed by atoms with Gasteiger partial charge < -0.3 is 19.3 Å². The van der Waals surface area contributed by atoms with Crippen molar-refractivity contribution in [2.75, 3.05) is 16.5 Å². The number of para-hydroxylation sites is 5. The van der Waals surface area contributed by atoms with Crippen molar-refractivity contribution in [1.29, 1.82) is 0 Å². The van der Waals surface area contributed by atoms with Gasteiger partial charge in [-0.2, -0.15) is 0 Å². The van der Waals surface area contributed by atoms with E-state index in [2.05, 4.69) is 58.3 Å².